The zero-order valence-corrected chi connectivity index (χ0v) is 19.3. The van der Waals surface area contributed by atoms with E-state index in [2.05, 4.69) is 24.1 Å². The van der Waals surface area contributed by atoms with Gasteiger partial charge in [-0.3, -0.25) is 9.69 Å². The molecule has 1 aliphatic carbocycles. The number of sulfonamides is 1. The number of hydrogen-bond acceptors (Lipinski definition) is 4. The highest BCUT2D eigenvalue weighted by molar-refractivity contribution is 7.89. The Morgan fingerprint density at radius 3 is 2.45 bits per heavy atom. The average Bonchev–Trinajstić information content (AvgIpc) is 2.77. The molecule has 1 saturated heterocycles. The van der Waals surface area contributed by atoms with Gasteiger partial charge < -0.3 is 5.32 Å². The number of amides is 1. The van der Waals surface area contributed by atoms with Crippen molar-refractivity contribution in [2.75, 3.05) is 32.7 Å². The first kappa shape index (κ1) is 22.2. The Kier molecular flexibility index (Phi) is 6.65. The van der Waals surface area contributed by atoms with E-state index in [1.54, 1.807) is 12.1 Å². The van der Waals surface area contributed by atoms with Crippen molar-refractivity contribution in [3.8, 4) is 0 Å². The van der Waals surface area contributed by atoms with E-state index >= 15 is 0 Å². The molecule has 0 aromatic heterocycles. The molecule has 2 aliphatic rings. The molecule has 7 heteroatoms. The van der Waals surface area contributed by atoms with Crippen LogP contribution in [-0.4, -0.2) is 62.3 Å². The van der Waals surface area contributed by atoms with Crippen molar-refractivity contribution in [1.29, 1.82) is 0 Å². The van der Waals surface area contributed by atoms with Gasteiger partial charge in [-0.25, -0.2) is 8.42 Å². The summed E-state index contributed by atoms with van der Waals surface area (Å²) in [5.74, 6) is 1.20. The van der Waals surface area contributed by atoms with Gasteiger partial charge in [0.15, 0.2) is 0 Å². The standard InChI is InChI=1S/C24H33N3O3S/c1-18-6-5-9-23(19(18)2)25-24(28)17-26-12-14-27(15-13-26)31(29,30)22-11-10-20-7-3-4-8-21(20)16-22/h3-4,7-8,10-11,16,18-19,23H,5-6,9,12-15,17H2,1-2H3,(H,25,28)/t18-,19-,23+/m1/s1. The quantitative estimate of drug-likeness (QED) is 0.771. The summed E-state index contributed by atoms with van der Waals surface area (Å²) in [6.45, 7) is 6.76. The summed E-state index contributed by atoms with van der Waals surface area (Å²) in [7, 11) is -3.54. The molecule has 2 aromatic rings. The van der Waals surface area contributed by atoms with Gasteiger partial charge in [-0.2, -0.15) is 4.31 Å². The SMILES string of the molecule is C[C@@H]1[C@H](C)CCC[C@@H]1NC(=O)CN1CCN(S(=O)(=O)c2ccc3ccccc3c2)CC1. The third kappa shape index (κ3) is 4.94. The van der Waals surface area contributed by atoms with E-state index in [1.807, 2.05) is 30.3 Å². The van der Waals surface area contributed by atoms with Crippen molar-refractivity contribution in [2.45, 2.75) is 44.0 Å². The minimum atomic E-state index is -3.54. The van der Waals surface area contributed by atoms with Crippen LogP contribution in [0.3, 0.4) is 0 Å². The fraction of sp³-hybridized carbons (Fsp3) is 0.542. The van der Waals surface area contributed by atoms with Crippen LogP contribution < -0.4 is 5.32 Å². The lowest BCUT2D eigenvalue weighted by Gasteiger charge is -2.36. The van der Waals surface area contributed by atoms with Gasteiger partial charge >= 0.3 is 0 Å². The maximum Gasteiger partial charge on any atom is 0.243 e. The van der Waals surface area contributed by atoms with Crippen LogP contribution >= 0.6 is 0 Å². The van der Waals surface area contributed by atoms with Crippen molar-refractivity contribution in [1.82, 2.24) is 14.5 Å². The molecule has 0 unspecified atom stereocenters. The molecule has 3 atom stereocenters. The molecule has 4 rings (SSSR count). The molecular formula is C24H33N3O3S. The minimum absolute atomic E-state index is 0.0526. The number of rotatable bonds is 5. The smallest absolute Gasteiger partial charge is 0.243 e. The molecule has 1 aliphatic heterocycles. The lowest BCUT2D eigenvalue weighted by molar-refractivity contribution is -0.124. The predicted molar refractivity (Wildman–Crippen MR) is 123 cm³/mol. The van der Waals surface area contributed by atoms with Gasteiger partial charge in [0.25, 0.3) is 0 Å². The number of fused-ring (bicyclic) bond motifs is 1. The second-order valence-electron chi connectivity index (χ2n) is 9.13. The Morgan fingerprint density at radius 1 is 1.00 bits per heavy atom. The molecule has 1 heterocycles. The lowest BCUT2D eigenvalue weighted by Crippen LogP contribution is -2.52. The van der Waals surface area contributed by atoms with Crippen LogP contribution in [0, 0.1) is 11.8 Å². The normalized spacial score (nSPS) is 26.1. The van der Waals surface area contributed by atoms with Gasteiger partial charge in [-0.15, -0.1) is 0 Å². The summed E-state index contributed by atoms with van der Waals surface area (Å²) in [6.07, 6.45) is 3.46. The largest absolute Gasteiger partial charge is 0.352 e. The summed E-state index contributed by atoms with van der Waals surface area (Å²) in [5.41, 5.74) is 0. The van der Waals surface area contributed by atoms with Crippen LogP contribution in [0.4, 0.5) is 0 Å². The Labute approximate surface area is 185 Å². The molecule has 2 fully saturated rings. The van der Waals surface area contributed by atoms with Crippen LogP contribution in [0.25, 0.3) is 10.8 Å². The lowest BCUT2D eigenvalue weighted by atomic mass is 9.78. The molecule has 31 heavy (non-hydrogen) atoms. The van der Waals surface area contributed by atoms with Crippen molar-refractivity contribution in [3.63, 3.8) is 0 Å². The number of carbonyl (C=O) groups is 1. The maximum absolute atomic E-state index is 13.1. The highest BCUT2D eigenvalue weighted by atomic mass is 32.2. The predicted octanol–water partition coefficient (Wildman–Crippen LogP) is 3.09. The van der Waals surface area contributed by atoms with Crippen LogP contribution in [0.5, 0.6) is 0 Å². The maximum atomic E-state index is 13.1. The van der Waals surface area contributed by atoms with E-state index in [0.717, 1.165) is 17.2 Å². The van der Waals surface area contributed by atoms with Crippen molar-refractivity contribution >= 4 is 26.7 Å². The van der Waals surface area contributed by atoms with Gasteiger partial charge in [0, 0.05) is 32.2 Å². The van der Waals surface area contributed by atoms with E-state index in [9.17, 15) is 13.2 Å². The second-order valence-corrected chi connectivity index (χ2v) is 11.1. The average molecular weight is 444 g/mol. The summed E-state index contributed by atoms with van der Waals surface area (Å²) >= 11 is 0. The van der Waals surface area contributed by atoms with E-state index < -0.39 is 10.0 Å². The van der Waals surface area contributed by atoms with Gasteiger partial charge in [-0.1, -0.05) is 57.0 Å². The number of carbonyl (C=O) groups excluding carboxylic acids is 1. The zero-order chi connectivity index (χ0) is 22.0. The van der Waals surface area contributed by atoms with Gasteiger partial charge in [0.2, 0.25) is 15.9 Å². The molecule has 6 nitrogen and oxygen atoms in total. The molecule has 0 spiro atoms. The molecule has 0 radical (unpaired) electrons. The number of benzene rings is 2. The summed E-state index contributed by atoms with van der Waals surface area (Å²) in [6, 6.07) is 13.3. The zero-order valence-electron chi connectivity index (χ0n) is 18.5. The van der Waals surface area contributed by atoms with E-state index in [1.165, 1.54) is 17.1 Å². The van der Waals surface area contributed by atoms with Crippen LogP contribution in [-0.2, 0) is 14.8 Å². The topological polar surface area (TPSA) is 69.7 Å². The second kappa shape index (κ2) is 9.27. The molecule has 2 aromatic carbocycles. The third-order valence-electron chi connectivity index (χ3n) is 7.11. The number of piperazine rings is 1. The van der Waals surface area contributed by atoms with Crippen molar-refractivity contribution in [3.05, 3.63) is 42.5 Å². The van der Waals surface area contributed by atoms with E-state index in [0.29, 0.717) is 49.5 Å². The molecule has 1 amide bonds. The van der Waals surface area contributed by atoms with Gasteiger partial charge in [0.05, 0.1) is 11.4 Å². The molecular weight excluding hydrogens is 410 g/mol. The summed E-state index contributed by atoms with van der Waals surface area (Å²) in [5, 5.41) is 5.17. The Hall–Kier alpha value is -1.96. The van der Waals surface area contributed by atoms with Crippen LogP contribution in [0.1, 0.15) is 33.1 Å². The first-order valence-electron chi connectivity index (χ1n) is 11.4. The molecule has 0 bridgehead atoms. The fourth-order valence-electron chi connectivity index (χ4n) is 4.85. The monoisotopic (exact) mass is 443 g/mol. The van der Waals surface area contributed by atoms with Crippen LogP contribution in [0.15, 0.2) is 47.4 Å². The van der Waals surface area contributed by atoms with Gasteiger partial charge in [-0.05, 0) is 41.2 Å². The minimum Gasteiger partial charge on any atom is -0.352 e. The third-order valence-corrected chi connectivity index (χ3v) is 9.01. The molecule has 1 N–H and O–H groups in total. The first-order valence-corrected chi connectivity index (χ1v) is 12.8. The van der Waals surface area contributed by atoms with Gasteiger partial charge in [0.1, 0.15) is 0 Å². The van der Waals surface area contributed by atoms with E-state index in [-0.39, 0.29) is 11.9 Å². The molecule has 168 valence electrons. The van der Waals surface area contributed by atoms with Crippen LogP contribution in [0.2, 0.25) is 0 Å². The summed E-state index contributed by atoms with van der Waals surface area (Å²) < 4.78 is 27.8. The Bertz CT molecular complexity index is 1030. The summed E-state index contributed by atoms with van der Waals surface area (Å²) in [4.78, 5) is 15.0. The number of nitrogens with one attached hydrogen (secondary N) is 1. The molecule has 1 saturated carbocycles. The van der Waals surface area contributed by atoms with Crippen molar-refractivity contribution in [2.24, 2.45) is 11.8 Å². The first-order chi connectivity index (χ1) is 14.8. The number of hydrogen-bond donors (Lipinski definition) is 1. The highest BCUT2D eigenvalue weighted by Gasteiger charge is 2.31. The van der Waals surface area contributed by atoms with Crippen molar-refractivity contribution < 1.29 is 13.2 Å². The number of nitrogens with zero attached hydrogens (tertiary/aromatic N) is 2. The highest BCUT2D eigenvalue weighted by Crippen LogP contribution is 2.29. The van der Waals surface area contributed by atoms with E-state index in [4.69, 9.17) is 0 Å². The fourth-order valence-corrected chi connectivity index (χ4v) is 6.30. The Balaban J connectivity index is 1.32. The Morgan fingerprint density at radius 2 is 1.71 bits per heavy atom.